The summed E-state index contributed by atoms with van der Waals surface area (Å²) in [6, 6.07) is -0.652. The molecule has 2 atom stereocenters. The van der Waals surface area contributed by atoms with Gasteiger partial charge in [-0.15, -0.1) is 0 Å². The molecule has 0 aliphatic rings. The van der Waals surface area contributed by atoms with Gasteiger partial charge < -0.3 is 15.5 Å². The smallest absolute Gasteiger partial charge is 0.220 e. The fourth-order valence-corrected chi connectivity index (χ4v) is 9.65. The van der Waals surface area contributed by atoms with Gasteiger partial charge in [-0.25, -0.2) is 0 Å². The van der Waals surface area contributed by atoms with E-state index < -0.39 is 12.1 Å². The van der Waals surface area contributed by atoms with Gasteiger partial charge in [0.15, 0.2) is 0 Å². The van der Waals surface area contributed by atoms with Crippen molar-refractivity contribution in [3.63, 3.8) is 0 Å². The maximum Gasteiger partial charge on any atom is 0.220 e. The van der Waals surface area contributed by atoms with Gasteiger partial charge in [-0.1, -0.05) is 323 Å². The number of hydrogen-bond acceptors (Lipinski definition) is 3. The van der Waals surface area contributed by atoms with Crippen molar-refractivity contribution in [3.8, 4) is 0 Å². The highest BCUT2D eigenvalue weighted by atomic mass is 16.3. The Bertz CT molecular complexity index is 1350. The fraction of sp³-hybridized carbons (Fsp3) is 0.757. The number of carbonyl (C=O) groups excluding carboxylic acids is 1. The molecule has 428 valence electrons. The van der Waals surface area contributed by atoms with Crippen LogP contribution in [0.5, 0.6) is 0 Å². The fourth-order valence-electron chi connectivity index (χ4n) is 9.65. The topological polar surface area (TPSA) is 69.6 Å². The number of allylic oxidation sites excluding steroid dienone is 15. The summed E-state index contributed by atoms with van der Waals surface area (Å²) >= 11 is 0. The zero-order valence-electron chi connectivity index (χ0n) is 49.3. The predicted octanol–water partition coefficient (Wildman–Crippen LogP) is 22.0. The molecular formula is C70H125NO3. The summed E-state index contributed by atoms with van der Waals surface area (Å²) in [4.78, 5) is 12.5. The van der Waals surface area contributed by atoms with Crippen LogP contribution in [0, 0.1) is 0 Å². The molecule has 0 saturated heterocycles. The Morgan fingerprint density at radius 3 is 0.946 bits per heavy atom. The number of carbonyl (C=O) groups is 1. The van der Waals surface area contributed by atoms with Gasteiger partial charge in [-0.2, -0.15) is 0 Å². The molecule has 4 heteroatoms. The van der Waals surface area contributed by atoms with E-state index in [1.165, 1.54) is 231 Å². The second kappa shape index (κ2) is 64.6. The van der Waals surface area contributed by atoms with Crippen LogP contribution in [0.4, 0.5) is 0 Å². The summed E-state index contributed by atoms with van der Waals surface area (Å²) in [7, 11) is 0. The summed E-state index contributed by atoms with van der Waals surface area (Å²) in [5.41, 5.74) is 0. The first-order valence-electron chi connectivity index (χ1n) is 32.5. The van der Waals surface area contributed by atoms with E-state index in [4.69, 9.17) is 0 Å². The predicted molar refractivity (Wildman–Crippen MR) is 331 cm³/mol. The lowest BCUT2D eigenvalue weighted by atomic mass is 10.0. The van der Waals surface area contributed by atoms with Crippen molar-refractivity contribution in [3.05, 3.63) is 97.2 Å². The van der Waals surface area contributed by atoms with E-state index in [-0.39, 0.29) is 12.5 Å². The second-order valence-electron chi connectivity index (χ2n) is 21.8. The molecule has 0 spiro atoms. The first kappa shape index (κ1) is 71.3. The van der Waals surface area contributed by atoms with Crippen molar-refractivity contribution in [2.24, 2.45) is 0 Å². The molecule has 4 nitrogen and oxygen atoms in total. The van der Waals surface area contributed by atoms with Crippen molar-refractivity contribution in [2.45, 2.75) is 334 Å². The Kier molecular flexibility index (Phi) is 62.2. The number of rotatable bonds is 59. The number of aliphatic hydroxyl groups excluding tert-OH is 2. The maximum absolute atomic E-state index is 12.5. The minimum atomic E-state index is -0.877. The van der Waals surface area contributed by atoms with E-state index in [1.54, 1.807) is 6.08 Å². The first-order valence-corrected chi connectivity index (χ1v) is 32.5. The maximum atomic E-state index is 12.5. The summed E-state index contributed by atoms with van der Waals surface area (Å²) in [5.74, 6) is -0.0780. The second-order valence-corrected chi connectivity index (χ2v) is 21.8. The van der Waals surface area contributed by atoms with Crippen molar-refractivity contribution in [1.82, 2.24) is 5.32 Å². The third-order valence-corrected chi connectivity index (χ3v) is 14.5. The SMILES string of the molecule is CC/C=C\C/C=C\C/C=C\C/C=C\C/C=C\CCCCCCCCCCCCCCCCCC(=O)NC(CO)C(O)/C=C/CC/C=C/CC/C=C/CCCCCCCCCCCCCCCCCCCCCCC. The molecule has 0 rings (SSSR count). The van der Waals surface area contributed by atoms with Crippen LogP contribution >= 0.6 is 0 Å². The summed E-state index contributed by atoms with van der Waals surface area (Å²) in [6.45, 7) is 4.20. The molecule has 0 fully saturated rings. The van der Waals surface area contributed by atoms with Crippen LogP contribution in [0.15, 0.2) is 97.2 Å². The normalized spacial score (nSPS) is 13.4. The molecule has 2 unspecified atom stereocenters. The molecule has 1 amide bonds. The van der Waals surface area contributed by atoms with Crippen LogP contribution in [0.1, 0.15) is 322 Å². The van der Waals surface area contributed by atoms with Crippen molar-refractivity contribution < 1.29 is 15.0 Å². The van der Waals surface area contributed by atoms with Crippen molar-refractivity contribution in [2.75, 3.05) is 6.61 Å². The molecule has 0 bridgehead atoms. The molecule has 0 aliphatic heterocycles. The molecule has 74 heavy (non-hydrogen) atoms. The highest BCUT2D eigenvalue weighted by molar-refractivity contribution is 5.76. The van der Waals surface area contributed by atoms with Gasteiger partial charge in [0.2, 0.25) is 5.91 Å². The number of unbranched alkanes of at least 4 members (excludes halogenated alkanes) is 38. The molecule has 0 saturated carbocycles. The van der Waals surface area contributed by atoms with E-state index in [0.29, 0.717) is 6.42 Å². The molecule has 0 aromatic rings. The Labute approximate surface area is 462 Å². The van der Waals surface area contributed by atoms with E-state index in [0.717, 1.165) is 70.6 Å². The molecule has 0 heterocycles. The Morgan fingerprint density at radius 1 is 0.338 bits per heavy atom. The number of nitrogens with one attached hydrogen (secondary N) is 1. The van der Waals surface area contributed by atoms with Crippen LogP contribution in [0.25, 0.3) is 0 Å². The highest BCUT2D eigenvalue weighted by Crippen LogP contribution is 2.17. The zero-order valence-corrected chi connectivity index (χ0v) is 49.3. The van der Waals surface area contributed by atoms with E-state index >= 15 is 0 Å². The molecule has 0 radical (unpaired) electrons. The molecular weight excluding hydrogens is 903 g/mol. The quantitative estimate of drug-likeness (QED) is 0.0420. The highest BCUT2D eigenvalue weighted by Gasteiger charge is 2.18. The first-order chi connectivity index (χ1) is 36.7. The zero-order chi connectivity index (χ0) is 53.4. The summed E-state index contributed by atoms with van der Waals surface area (Å²) in [6.07, 6.45) is 96.1. The van der Waals surface area contributed by atoms with E-state index in [9.17, 15) is 15.0 Å². The minimum Gasteiger partial charge on any atom is -0.394 e. The average molecular weight is 1030 g/mol. The Balaban J connectivity index is 3.54. The number of hydrogen-bond donors (Lipinski definition) is 3. The number of amides is 1. The van der Waals surface area contributed by atoms with Crippen LogP contribution in [0.3, 0.4) is 0 Å². The van der Waals surface area contributed by atoms with E-state index in [1.807, 2.05) is 6.08 Å². The molecule has 0 aliphatic carbocycles. The van der Waals surface area contributed by atoms with Crippen LogP contribution in [0.2, 0.25) is 0 Å². The van der Waals surface area contributed by atoms with Gasteiger partial charge in [-0.3, -0.25) is 4.79 Å². The third kappa shape index (κ3) is 60.2. The standard InChI is InChI=1S/C70H125NO3/c1-3-5-7-9-11-13-15-17-19-21-23-25-27-29-31-33-35-37-39-41-43-45-47-49-51-53-55-57-59-61-63-65-69(73)68(67-72)71-70(74)66-64-62-60-58-56-54-52-50-48-46-44-42-40-38-36-34-32-30-28-26-24-22-20-18-16-14-12-10-8-6-4-2/h6,8,12,14,18,20,24,26,30,32,47,49,55,57,63,65,68-69,72-73H,3-5,7,9-11,13,15-17,19,21-23,25,27-29,31,33-46,48,50-54,56,58-62,64,66-67H2,1-2H3,(H,71,74)/b8-6-,14-12-,20-18-,26-24-,32-30-,49-47+,57-55+,65-63+. The van der Waals surface area contributed by atoms with E-state index in [2.05, 4.69) is 104 Å². The Hall–Kier alpha value is -2.69. The van der Waals surface area contributed by atoms with Gasteiger partial charge in [-0.05, 0) is 89.9 Å². The van der Waals surface area contributed by atoms with Crippen LogP contribution < -0.4 is 5.32 Å². The third-order valence-electron chi connectivity index (χ3n) is 14.5. The van der Waals surface area contributed by atoms with Gasteiger partial charge in [0.05, 0.1) is 18.8 Å². The molecule has 3 N–H and O–H groups in total. The summed E-state index contributed by atoms with van der Waals surface area (Å²) in [5, 5.41) is 23.2. The monoisotopic (exact) mass is 1030 g/mol. The van der Waals surface area contributed by atoms with Crippen LogP contribution in [-0.2, 0) is 4.79 Å². The average Bonchev–Trinajstić information content (AvgIpc) is 3.40. The lowest BCUT2D eigenvalue weighted by molar-refractivity contribution is -0.123. The molecule has 0 aromatic heterocycles. The Morgan fingerprint density at radius 2 is 0.608 bits per heavy atom. The van der Waals surface area contributed by atoms with Gasteiger partial charge >= 0.3 is 0 Å². The summed E-state index contributed by atoms with van der Waals surface area (Å²) < 4.78 is 0. The number of aliphatic hydroxyl groups is 2. The van der Waals surface area contributed by atoms with Crippen LogP contribution in [-0.4, -0.2) is 34.9 Å². The lowest BCUT2D eigenvalue weighted by Gasteiger charge is -2.19. The lowest BCUT2D eigenvalue weighted by Crippen LogP contribution is -2.45. The molecule has 0 aromatic carbocycles. The van der Waals surface area contributed by atoms with Crippen molar-refractivity contribution in [1.29, 1.82) is 0 Å². The van der Waals surface area contributed by atoms with Gasteiger partial charge in [0.1, 0.15) is 0 Å². The van der Waals surface area contributed by atoms with Gasteiger partial charge in [0, 0.05) is 6.42 Å². The van der Waals surface area contributed by atoms with Crippen molar-refractivity contribution >= 4 is 5.91 Å². The van der Waals surface area contributed by atoms with Gasteiger partial charge in [0.25, 0.3) is 0 Å². The largest absolute Gasteiger partial charge is 0.394 e. The minimum absolute atomic E-state index is 0.0780.